The maximum absolute atomic E-state index is 13.9. The number of nitrogens with zero attached hydrogens (tertiary/aromatic N) is 4. The summed E-state index contributed by atoms with van der Waals surface area (Å²) in [6.45, 7) is 1.34. The Morgan fingerprint density at radius 2 is 2.04 bits per heavy atom. The Labute approximate surface area is 164 Å². The summed E-state index contributed by atoms with van der Waals surface area (Å²) in [5, 5.41) is 13.1. The number of benzene rings is 1. The van der Waals surface area contributed by atoms with Crippen molar-refractivity contribution in [1.29, 1.82) is 0 Å². The van der Waals surface area contributed by atoms with Crippen LogP contribution in [-0.4, -0.2) is 33.8 Å². The number of nitrogens with one attached hydrogen (secondary N) is 1. The lowest BCUT2D eigenvalue weighted by atomic mass is 9.97. The van der Waals surface area contributed by atoms with Crippen LogP contribution in [0.3, 0.4) is 0 Å². The fourth-order valence-corrected chi connectivity index (χ4v) is 4.12. The normalized spacial score (nSPS) is 17.1. The van der Waals surface area contributed by atoms with Crippen molar-refractivity contribution in [2.24, 2.45) is 5.92 Å². The molecule has 0 saturated carbocycles. The number of aromatic nitrogens is 3. The molecule has 1 saturated heterocycles. The van der Waals surface area contributed by atoms with Gasteiger partial charge in [-0.05, 0) is 43.2 Å². The smallest absolute Gasteiger partial charge is 0.229 e. The van der Waals surface area contributed by atoms with Gasteiger partial charge in [0.25, 0.3) is 0 Å². The first-order valence-corrected chi connectivity index (χ1v) is 9.77. The molecule has 4 rings (SSSR count). The van der Waals surface area contributed by atoms with Crippen LogP contribution < -0.4 is 10.2 Å². The summed E-state index contributed by atoms with van der Waals surface area (Å²) < 4.78 is 15.8. The maximum Gasteiger partial charge on any atom is 0.229 e. The van der Waals surface area contributed by atoms with Crippen LogP contribution in [0.1, 0.15) is 12.8 Å². The zero-order valence-electron chi connectivity index (χ0n) is 14.3. The molecule has 3 heterocycles. The van der Waals surface area contributed by atoms with E-state index >= 15 is 0 Å². The second-order valence-corrected chi connectivity index (χ2v) is 7.73. The number of halogens is 2. The van der Waals surface area contributed by atoms with Crippen LogP contribution in [0.4, 0.5) is 15.2 Å². The molecule has 3 aromatic rings. The van der Waals surface area contributed by atoms with Gasteiger partial charge in [-0.2, -0.15) is 0 Å². The third-order valence-electron chi connectivity index (χ3n) is 4.48. The lowest BCUT2D eigenvalue weighted by molar-refractivity contribution is -0.120. The van der Waals surface area contributed by atoms with Gasteiger partial charge >= 0.3 is 0 Å². The molecule has 0 aliphatic carbocycles. The topological polar surface area (TPSA) is 63.1 Å². The van der Waals surface area contributed by atoms with Gasteiger partial charge in [0.05, 0.1) is 11.6 Å². The van der Waals surface area contributed by atoms with E-state index in [-0.39, 0.29) is 17.5 Å². The summed E-state index contributed by atoms with van der Waals surface area (Å²) in [5.41, 5.74) is 0.107. The highest BCUT2D eigenvalue weighted by atomic mass is 35.5. The van der Waals surface area contributed by atoms with E-state index in [1.54, 1.807) is 0 Å². The Kier molecular flexibility index (Phi) is 5.09. The van der Waals surface area contributed by atoms with Gasteiger partial charge in [-0.3, -0.25) is 9.36 Å². The fourth-order valence-electron chi connectivity index (χ4n) is 3.10. The van der Waals surface area contributed by atoms with Crippen molar-refractivity contribution in [2.45, 2.75) is 12.8 Å². The predicted octanol–water partition coefficient (Wildman–Crippen LogP) is 3.98. The van der Waals surface area contributed by atoms with Crippen molar-refractivity contribution in [1.82, 2.24) is 14.8 Å². The lowest BCUT2D eigenvalue weighted by Crippen LogP contribution is -2.40. The first kappa shape index (κ1) is 17.9. The van der Waals surface area contributed by atoms with Crippen molar-refractivity contribution in [3.05, 3.63) is 53.6 Å². The molecule has 1 aromatic carbocycles. The number of carbonyl (C=O) groups is 1. The van der Waals surface area contributed by atoms with Crippen LogP contribution in [0.5, 0.6) is 0 Å². The quantitative estimate of drug-likeness (QED) is 0.713. The van der Waals surface area contributed by atoms with E-state index in [0.717, 1.165) is 29.6 Å². The molecule has 1 fully saturated rings. The van der Waals surface area contributed by atoms with E-state index in [0.29, 0.717) is 11.6 Å². The Hall–Kier alpha value is -2.45. The van der Waals surface area contributed by atoms with Crippen LogP contribution in [0.15, 0.2) is 42.7 Å². The third kappa shape index (κ3) is 3.96. The zero-order valence-corrected chi connectivity index (χ0v) is 15.9. The first-order chi connectivity index (χ1) is 13.1. The summed E-state index contributed by atoms with van der Waals surface area (Å²) >= 11 is 7.37. The van der Waals surface area contributed by atoms with Gasteiger partial charge in [0.1, 0.15) is 5.82 Å². The molecule has 0 radical (unpaired) electrons. The number of anilines is 2. The highest BCUT2D eigenvalue weighted by molar-refractivity contribution is 7.17. The molecule has 0 bridgehead atoms. The van der Waals surface area contributed by atoms with Crippen molar-refractivity contribution < 1.29 is 9.18 Å². The van der Waals surface area contributed by atoms with Crippen molar-refractivity contribution in [3.8, 4) is 5.13 Å². The number of piperidine rings is 1. The molecule has 1 aliphatic heterocycles. The van der Waals surface area contributed by atoms with Gasteiger partial charge in [-0.1, -0.05) is 22.9 Å². The third-order valence-corrected chi connectivity index (χ3v) is 5.71. The summed E-state index contributed by atoms with van der Waals surface area (Å²) in [6, 6.07) is 7.97. The van der Waals surface area contributed by atoms with Crippen molar-refractivity contribution in [2.75, 3.05) is 23.3 Å². The number of carbonyl (C=O) groups excluding carboxylic acids is 1. The molecular weight excluding hydrogens is 389 g/mol. The van der Waals surface area contributed by atoms with Crippen LogP contribution >= 0.6 is 22.9 Å². The largest absolute Gasteiger partial charge is 0.346 e. The average Bonchev–Trinajstić information content (AvgIpc) is 3.36. The number of amides is 1. The molecule has 1 aliphatic rings. The standard InChI is InChI=1S/C18H17ClFN5OS/c19-13-5-6-14(20)15(10-13)21-16(26)12-4-3-9-25(11-12)18-23-22-17(27-18)24-7-1-2-8-24/h1-2,5-8,10,12H,3-4,9,11H2,(H,21,26). The fraction of sp³-hybridized carbons (Fsp3) is 0.278. The van der Waals surface area contributed by atoms with E-state index in [1.165, 1.54) is 29.5 Å². The minimum Gasteiger partial charge on any atom is -0.346 e. The molecular formula is C18H17ClFN5OS. The highest BCUT2D eigenvalue weighted by Crippen LogP contribution is 2.29. The van der Waals surface area contributed by atoms with Crippen molar-refractivity contribution in [3.63, 3.8) is 0 Å². The lowest BCUT2D eigenvalue weighted by Gasteiger charge is -2.31. The van der Waals surface area contributed by atoms with Gasteiger partial charge < -0.3 is 10.2 Å². The van der Waals surface area contributed by atoms with Crippen LogP contribution in [0.25, 0.3) is 5.13 Å². The van der Waals surface area contributed by atoms with E-state index in [4.69, 9.17) is 11.6 Å². The summed E-state index contributed by atoms with van der Waals surface area (Å²) in [7, 11) is 0. The second kappa shape index (κ2) is 7.66. The van der Waals surface area contributed by atoms with Crippen LogP contribution in [0.2, 0.25) is 5.02 Å². The molecule has 0 spiro atoms. The first-order valence-electron chi connectivity index (χ1n) is 8.58. The summed E-state index contributed by atoms with van der Waals surface area (Å²) in [6.07, 6.45) is 5.43. The molecule has 6 nitrogen and oxygen atoms in total. The molecule has 2 aromatic heterocycles. The van der Waals surface area contributed by atoms with Gasteiger partial charge in [-0.25, -0.2) is 4.39 Å². The SMILES string of the molecule is O=C(Nc1cc(Cl)ccc1F)C1CCCN(c2nnc(-n3cccc3)s2)C1. The van der Waals surface area contributed by atoms with Gasteiger partial charge in [0, 0.05) is 30.5 Å². The second-order valence-electron chi connectivity index (χ2n) is 6.36. The summed E-state index contributed by atoms with van der Waals surface area (Å²) in [5.74, 6) is -0.965. The number of hydrogen-bond acceptors (Lipinski definition) is 5. The average molecular weight is 406 g/mol. The van der Waals surface area contributed by atoms with Crippen LogP contribution in [0, 0.1) is 11.7 Å². The minimum absolute atomic E-state index is 0.107. The predicted molar refractivity (Wildman–Crippen MR) is 104 cm³/mol. The van der Waals surface area contributed by atoms with E-state index in [2.05, 4.69) is 20.4 Å². The zero-order chi connectivity index (χ0) is 18.8. The van der Waals surface area contributed by atoms with Gasteiger partial charge in [0.15, 0.2) is 0 Å². The van der Waals surface area contributed by atoms with Crippen LogP contribution in [-0.2, 0) is 4.79 Å². The van der Waals surface area contributed by atoms with E-state index in [1.807, 2.05) is 29.1 Å². The molecule has 1 atom stereocenters. The molecule has 1 N–H and O–H groups in total. The van der Waals surface area contributed by atoms with E-state index in [9.17, 15) is 9.18 Å². The molecule has 1 amide bonds. The Balaban J connectivity index is 1.45. The molecule has 27 heavy (non-hydrogen) atoms. The highest BCUT2D eigenvalue weighted by Gasteiger charge is 2.28. The molecule has 1 unspecified atom stereocenters. The van der Waals surface area contributed by atoms with Gasteiger partial charge in [0.2, 0.25) is 16.2 Å². The molecule has 9 heteroatoms. The number of rotatable bonds is 4. The Morgan fingerprint density at radius 1 is 1.26 bits per heavy atom. The minimum atomic E-state index is -0.499. The molecule has 140 valence electrons. The summed E-state index contributed by atoms with van der Waals surface area (Å²) in [4.78, 5) is 14.7. The number of hydrogen-bond donors (Lipinski definition) is 1. The van der Waals surface area contributed by atoms with E-state index < -0.39 is 5.82 Å². The Bertz CT molecular complexity index is 945. The van der Waals surface area contributed by atoms with Gasteiger partial charge in [-0.15, -0.1) is 10.2 Å². The van der Waals surface area contributed by atoms with Crippen molar-refractivity contribution >= 4 is 39.7 Å². The Morgan fingerprint density at radius 3 is 2.85 bits per heavy atom. The monoisotopic (exact) mass is 405 g/mol. The maximum atomic E-state index is 13.9.